The highest BCUT2D eigenvalue weighted by Gasteiger charge is 2.36. The van der Waals surface area contributed by atoms with Crippen molar-refractivity contribution in [3.8, 4) is 0 Å². The molecule has 4 nitrogen and oxygen atoms in total. The van der Waals surface area contributed by atoms with Gasteiger partial charge in [0.1, 0.15) is 0 Å². The van der Waals surface area contributed by atoms with Crippen LogP contribution in [0.5, 0.6) is 0 Å². The maximum Gasteiger partial charge on any atom is 0.0638 e. The summed E-state index contributed by atoms with van der Waals surface area (Å²) in [5.41, 5.74) is 5.45. The quantitative estimate of drug-likeness (QED) is 0.640. The molecule has 0 aromatic heterocycles. The number of nitrogens with one attached hydrogen (secondary N) is 1. The Labute approximate surface area is 115 Å². The van der Waals surface area contributed by atoms with E-state index in [1.807, 2.05) is 0 Å². The Bertz CT molecular complexity index is 414. The summed E-state index contributed by atoms with van der Waals surface area (Å²) in [7, 11) is 0. The van der Waals surface area contributed by atoms with E-state index in [4.69, 9.17) is 10.6 Å². The first kappa shape index (κ1) is 14.5. The van der Waals surface area contributed by atoms with Crippen molar-refractivity contribution in [1.82, 2.24) is 10.3 Å². The molecule has 1 heterocycles. The van der Waals surface area contributed by atoms with Gasteiger partial charge in [-0.1, -0.05) is 29.8 Å². The largest absolute Gasteiger partial charge is 0.379 e. The summed E-state index contributed by atoms with van der Waals surface area (Å²) < 4.78 is 5.44. The number of rotatable bonds is 4. The molecule has 1 saturated heterocycles. The van der Waals surface area contributed by atoms with Gasteiger partial charge >= 0.3 is 0 Å². The van der Waals surface area contributed by atoms with Crippen LogP contribution >= 0.6 is 0 Å². The molecule has 1 aliphatic rings. The van der Waals surface area contributed by atoms with Gasteiger partial charge < -0.3 is 4.74 Å². The number of nitrogens with two attached hydrogens (primary N) is 1. The van der Waals surface area contributed by atoms with Gasteiger partial charge in [0.15, 0.2) is 0 Å². The van der Waals surface area contributed by atoms with E-state index < -0.39 is 0 Å². The molecule has 106 valence electrons. The molecule has 1 atom stereocenters. The van der Waals surface area contributed by atoms with Crippen molar-refractivity contribution in [2.75, 3.05) is 26.3 Å². The fraction of sp³-hybridized carbons (Fsp3) is 0.600. The minimum Gasteiger partial charge on any atom is -0.379 e. The fourth-order valence-corrected chi connectivity index (χ4v) is 2.88. The van der Waals surface area contributed by atoms with Gasteiger partial charge in [-0.25, -0.2) is 0 Å². The minimum absolute atomic E-state index is 0.0493. The Balaban J connectivity index is 2.24. The molecule has 1 aliphatic heterocycles. The van der Waals surface area contributed by atoms with Crippen LogP contribution in [0.4, 0.5) is 0 Å². The zero-order chi connectivity index (χ0) is 13.9. The van der Waals surface area contributed by atoms with Crippen molar-refractivity contribution < 1.29 is 4.74 Å². The third kappa shape index (κ3) is 3.15. The number of nitrogens with zero attached hydrogens (tertiary/aromatic N) is 1. The van der Waals surface area contributed by atoms with Gasteiger partial charge in [-0.3, -0.25) is 16.2 Å². The maximum atomic E-state index is 5.84. The predicted octanol–water partition coefficient (Wildman–Crippen LogP) is 1.61. The number of ether oxygens (including phenoxy) is 1. The van der Waals surface area contributed by atoms with Crippen LogP contribution in [0.25, 0.3) is 0 Å². The van der Waals surface area contributed by atoms with Crippen molar-refractivity contribution in [3.05, 3.63) is 35.4 Å². The van der Waals surface area contributed by atoms with E-state index in [0.29, 0.717) is 0 Å². The second kappa shape index (κ2) is 6.01. The summed E-state index contributed by atoms with van der Waals surface area (Å²) in [5.74, 6) is 5.84. The molecule has 1 aromatic carbocycles. The van der Waals surface area contributed by atoms with Crippen LogP contribution < -0.4 is 11.3 Å². The summed E-state index contributed by atoms with van der Waals surface area (Å²) >= 11 is 0. The monoisotopic (exact) mass is 263 g/mol. The van der Waals surface area contributed by atoms with Gasteiger partial charge in [0.25, 0.3) is 0 Å². The second-order valence-corrected chi connectivity index (χ2v) is 5.77. The highest BCUT2D eigenvalue weighted by Crippen LogP contribution is 2.31. The van der Waals surface area contributed by atoms with Gasteiger partial charge in [-0.05, 0) is 26.3 Å². The van der Waals surface area contributed by atoms with Crippen LogP contribution in [0.15, 0.2) is 24.3 Å². The van der Waals surface area contributed by atoms with Crippen molar-refractivity contribution in [1.29, 1.82) is 0 Å². The molecular weight excluding hydrogens is 238 g/mol. The molecule has 0 saturated carbocycles. The number of hydrogen-bond acceptors (Lipinski definition) is 4. The summed E-state index contributed by atoms with van der Waals surface area (Å²) in [6.45, 7) is 10.1. The Morgan fingerprint density at radius 3 is 2.58 bits per heavy atom. The third-order valence-corrected chi connectivity index (χ3v) is 4.07. The number of morpholine rings is 1. The molecule has 4 heteroatoms. The van der Waals surface area contributed by atoms with Crippen LogP contribution in [0, 0.1) is 6.92 Å². The fourth-order valence-electron chi connectivity index (χ4n) is 2.88. The normalized spacial score (nSPS) is 19.4. The number of aryl methyl sites for hydroxylation is 1. The lowest BCUT2D eigenvalue weighted by Crippen LogP contribution is -2.57. The smallest absolute Gasteiger partial charge is 0.0638 e. The van der Waals surface area contributed by atoms with Gasteiger partial charge in [0.2, 0.25) is 0 Å². The van der Waals surface area contributed by atoms with Crippen molar-refractivity contribution >= 4 is 0 Å². The van der Waals surface area contributed by atoms with E-state index in [9.17, 15) is 0 Å². The SMILES string of the molecule is Cc1cccc(C(NN)C(C)(C)N2CCOCC2)c1. The van der Waals surface area contributed by atoms with Crippen LogP contribution in [-0.2, 0) is 4.74 Å². The maximum absolute atomic E-state index is 5.84. The van der Waals surface area contributed by atoms with E-state index >= 15 is 0 Å². The second-order valence-electron chi connectivity index (χ2n) is 5.77. The van der Waals surface area contributed by atoms with E-state index in [-0.39, 0.29) is 11.6 Å². The Kier molecular flexibility index (Phi) is 4.58. The van der Waals surface area contributed by atoms with Crippen LogP contribution in [0.2, 0.25) is 0 Å². The Morgan fingerprint density at radius 1 is 1.32 bits per heavy atom. The lowest BCUT2D eigenvalue weighted by atomic mass is 9.86. The first-order chi connectivity index (χ1) is 9.05. The van der Waals surface area contributed by atoms with Gasteiger partial charge in [0.05, 0.1) is 19.3 Å². The molecule has 3 N–H and O–H groups in total. The molecule has 1 fully saturated rings. The first-order valence-corrected chi connectivity index (χ1v) is 6.91. The first-order valence-electron chi connectivity index (χ1n) is 6.91. The van der Waals surface area contributed by atoms with Crippen molar-refractivity contribution in [3.63, 3.8) is 0 Å². The van der Waals surface area contributed by atoms with Crippen molar-refractivity contribution in [2.45, 2.75) is 32.4 Å². The van der Waals surface area contributed by atoms with E-state index in [0.717, 1.165) is 26.3 Å². The van der Waals surface area contributed by atoms with Gasteiger partial charge in [0, 0.05) is 18.6 Å². The Morgan fingerprint density at radius 2 is 2.00 bits per heavy atom. The topological polar surface area (TPSA) is 50.5 Å². The lowest BCUT2D eigenvalue weighted by molar-refractivity contribution is -0.0238. The molecule has 0 aliphatic carbocycles. The van der Waals surface area contributed by atoms with Gasteiger partial charge in [-0.2, -0.15) is 0 Å². The van der Waals surface area contributed by atoms with E-state index in [1.54, 1.807) is 0 Å². The van der Waals surface area contributed by atoms with E-state index in [2.05, 4.69) is 55.4 Å². The Hall–Kier alpha value is -0.940. The number of benzene rings is 1. The highest BCUT2D eigenvalue weighted by atomic mass is 16.5. The average Bonchev–Trinajstić information content (AvgIpc) is 2.40. The van der Waals surface area contributed by atoms with Crippen molar-refractivity contribution in [2.24, 2.45) is 5.84 Å². The predicted molar refractivity (Wildman–Crippen MR) is 77.7 cm³/mol. The standard InChI is InChI=1S/C15H25N3O/c1-12-5-4-6-13(11-12)14(17-16)15(2,3)18-7-9-19-10-8-18/h4-6,11,14,17H,7-10,16H2,1-3H3. The van der Waals surface area contributed by atoms with Gasteiger partial charge in [-0.15, -0.1) is 0 Å². The molecule has 0 radical (unpaired) electrons. The number of hydrazine groups is 1. The summed E-state index contributed by atoms with van der Waals surface area (Å²) in [6, 6.07) is 8.64. The number of hydrogen-bond donors (Lipinski definition) is 2. The van der Waals surface area contributed by atoms with Crippen LogP contribution in [0.1, 0.15) is 31.0 Å². The minimum atomic E-state index is -0.0493. The molecule has 0 bridgehead atoms. The van der Waals surface area contributed by atoms with E-state index in [1.165, 1.54) is 11.1 Å². The molecule has 0 spiro atoms. The highest BCUT2D eigenvalue weighted by molar-refractivity contribution is 5.27. The summed E-state index contributed by atoms with van der Waals surface area (Å²) in [4.78, 5) is 2.45. The zero-order valence-corrected chi connectivity index (χ0v) is 12.1. The third-order valence-electron chi connectivity index (χ3n) is 4.07. The zero-order valence-electron chi connectivity index (χ0n) is 12.1. The average molecular weight is 263 g/mol. The van der Waals surface area contributed by atoms with Crippen LogP contribution in [-0.4, -0.2) is 36.7 Å². The molecule has 1 aromatic rings. The summed E-state index contributed by atoms with van der Waals surface area (Å²) in [5, 5.41) is 0. The molecule has 19 heavy (non-hydrogen) atoms. The molecule has 2 rings (SSSR count). The van der Waals surface area contributed by atoms with Crippen LogP contribution in [0.3, 0.4) is 0 Å². The molecule has 1 unspecified atom stereocenters. The molecule has 0 amide bonds. The molecular formula is C15H25N3O. The lowest BCUT2D eigenvalue weighted by Gasteiger charge is -2.45. The summed E-state index contributed by atoms with van der Waals surface area (Å²) in [6.07, 6.45) is 0.